The van der Waals surface area contributed by atoms with E-state index in [4.69, 9.17) is 9.84 Å². The Kier molecular flexibility index (Phi) is 4.68. The van der Waals surface area contributed by atoms with Gasteiger partial charge < -0.3 is 9.84 Å². The third-order valence-corrected chi connectivity index (χ3v) is 3.00. The van der Waals surface area contributed by atoms with E-state index in [1.165, 1.54) is 10.5 Å². The van der Waals surface area contributed by atoms with E-state index in [0.717, 1.165) is 0 Å². The average molecular weight is 240 g/mol. The molecule has 88 valence electrons. The molecule has 0 heterocycles. The first-order chi connectivity index (χ1) is 7.54. The quantitative estimate of drug-likeness (QED) is 0.804. The Morgan fingerprint density at radius 1 is 1.50 bits per heavy atom. The molecule has 0 saturated carbocycles. The van der Waals surface area contributed by atoms with Gasteiger partial charge in [0.1, 0.15) is 5.75 Å². The zero-order valence-electron chi connectivity index (χ0n) is 9.69. The lowest BCUT2D eigenvalue weighted by atomic mass is 10.0. The van der Waals surface area contributed by atoms with Crippen LogP contribution in [-0.2, 0) is 4.79 Å². The van der Waals surface area contributed by atoms with Crippen molar-refractivity contribution in [1.82, 2.24) is 0 Å². The summed E-state index contributed by atoms with van der Waals surface area (Å²) < 4.78 is 5.15. The number of carboxylic acids is 1. The maximum atomic E-state index is 10.4. The summed E-state index contributed by atoms with van der Waals surface area (Å²) in [4.78, 5) is 11.6. The normalized spacial score (nSPS) is 10.5. The molecule has 0 bridgehead atoms. The van der Waals surface area contributed by atoms with Crippen LogP contribution >= 0.6 is 11.8 Å². The molecule has 0 saturated heterocycles. The third-order valence-electron chi connectivity index (χ3n) is 2.19. The van der Waals surface area contributed by atoms with Crippen LogP contribution in [0.1, 0.15) is 25.3 Å². The van der Waals surface area contributed by atoms with Crippen molar-refractivity contribution < 1.29 is 14.6 Å². The molecule has 1 N–H and O–H groups in total. The number of carboxylic acid groups (broad SMARTS) is 1. The molecule has 0 amide bonds. The van der Waals surface area contributed by atoms with Crippen LogP contribution in [0, 0.1) is 0 Å². The van der Waals surface area contributed by atoms with Gasteiger partial charge in [-0.1, -0.05) is 13.8 Å². The summed E-state index contributed by atoms with van der Waals surface area (Å²) >= 11 is 1.68. The molecular formula is C12H16O3S. The molecule has 0 unspecified atom stereocenters. The van der Waals surface area contributed by atoms with Gasteiger partial charge in [0.2, 0.25) is 0 Å². The minimum absolute atomic E-state index is 0.295. The molecule has 16 heavy (non-hydrogen) atoms. The number of carbonyl (C=O) groups is 1. The predicted molar refractivity (Wildman–Crippen MR) is 65.4 cm³/mol. The van der Waals surface area contributed by atoms with Gasteiger partial charge in [0, 0.05) is 4.90 Å². The molecule has 0 spiro atoms. The number of benzene rings is 1. The number of thioether (sulfide) groups is 1. The summed E-state index contributed by atoms with van der Waals surface area (Å²) in [7, 11) is 0. The van der Waals surface area contributed by atoms with Crippen molar-refractivity contribution in [1.29, 1.82) is 0 Å². The third kappa shape index (κ3) is 3.45. The van der Waals surface area contributed by atoms with Crippen LogP contribution in [0.25, 0.3) is 0 Å². The molecule has 0 aromatic heterocycles. The lowest BCUT2D eigenvalue weighted by molar-refractivity contribution is -0.139. The predicted octanol–water partition coefficient (Wildman–Crippen LogP) is 3.00. The average Bonchev–Trinajstić information content (AvgIpc) is 2.25. The van der Waals surface area contributed by atoms with Crippen molar-refractivity contribution in [2.45, 2.75) is 24.7 Å². The smallest absolute Gasteiger partial charge is 0.341 e. The summed E-state index contributed by atoms with van der Waals surface area (Å²) in [6.07, 6.45) is 2.03. The van der Waals surface area contributed by atoms with Gasteiger partial charge in [0.25, 0.3) is 0 Å². The van der Waals surface area contributed by atoms with Crippen LogP contribution in [0.2, 0.25) is 0 Å². The summed E-state index contributed by atoms with van der Waals surface area (Å²) in [6, 6.07) is 5.69. The first-order valence-electron chi connectivity index (χ1n) is 5.07. The fourth-order valence-electron chi connectivity index (χ4n) is 1.40. The maximum absolute atomic E-state index is 10.4. The monoisotopic (exact) mass is 240 g/mol. The highest BCUT2D eigenvalue weighted by atomic mass is 32.2. The van der Waals surface area contributed by atoms with E-state index in [9.17, 15) is 4.79 Å². The lowest BCUT2D eigenvalue weighted by Gasteiger charge is -2.13. The fourth-order valence-corrected chi connectivity index (χ4v) is 2.13. The second-order valence-corrected chi connectivity index (χ2v) is 4.59. The van der Waals surface area contributed by atoms with Crippen LogP contribution in [0.3, 0.4) is 0 Å². The fraction of sp³-hybridized carbons (Fsp3) is 0.417. The van der Waals surface area contributed by atoms with Crippen LogP contribution in [0.4, 0.5) is 0 Å². The van der Waals surface area contributed by atoms with Gasteiger partial charge >= 0.3 is 5.97 Å². The molecule has 1 aromatic carbocycles. The van der Waals surface area contributed by atoms with E-state index in [0.29, 0.717) is 11.7 Å². The SMILES string of the molecule is CSc1ccc(OCC(=O)O)cc1C(C)C. The van der Waals surface area contributed by atoms with E-state index in [1.54, 1.807) is 17.8 Å². The molecule has 1 rings (SSSR count). The van der Waals surface area contributed by atoms with E-state index in [1.807, 2.05) is 18.4 Å². The van der Waals surface area contributed by atoms with E-state index in [-0.39, 0.29) is 6.61 Å². The van der Waals surface area contributed by atoms with Crippen molar-refractivity contribution in [3.05, 3.63) is 23.8 Å². The number of aliphatic carboxylic acids is 1. The summed E-state index contributed by atoms with van der Waals surface area (Å²) in [5, 5.41) is 8.52. The number of ether oxygens (including phenoxy) is 1. The van der Waals surface area contributed by atoms with Crippen molar-refractivity contribution in [2.75, 3.05) is 12.9 Å². The summed E-state index contributed by atoms with van der Waals surface area (Å²) in [5.74, 6) is 0.0553. The van der Waals surface area contributed by atoms with Gasteiger partial charge in [-0.05, 0) is 35.9 Å². The van der Waals surface area contributed by atoms with E-state index in [2.05, 4.69) is 13.8 Å². The molecule has 0 radical (unpaired) electrons. The lowest BCUT2D eigenvalue weighted by Crippen LogP contribution is -2.09. The summed E-state index contributed by atoms with van der Waals surface area (Å²) in [6.45, 7) is 3.92. The van der Waals surface area contributed by atoms with Crippen molar-refractivity contribution in [3.8, 4) is 5.75 Å². The van der Waals surface area contributed by atoms with Crippen LogP contribution in [0.15, 0.2) is 23.1 Å². The van der Waals surface area contributed by atoms with Gasteiger partial charge in [0.15, 0.2) is 6.61 Å². The van der Waals surface area contributed by atoms with Gasteiger partial charge in [-0.2, -0.15) is 0 Å². The molecule has 0 aliphatic rings. The van der Waals surface area contributed by atoms with Gasteiger partial charge in [-0.3, -0.25) is 0 Å². The largest absolute Gasteiger partial charge is 0.482 e. The highest BCUT2D eigenvalue weighted by Gasteiger charge is 2.08. The Hall–Kier alpha value is -1.16. The van der Waals surface area contributed by atoms with Crippen molar-refractivity contribution >= 4 is 17.7 Å². The van der Waals surface area contributed by atoms with Crippen LogP contribution < -0.4 is 4.74 Å². The number of rotatable bonds is 5. The minimum Gasteiger partial charge on any atom is -0.482 e. The molecule has 0 atom stereocenters. The molecule has 0 aliphatic heterocycles. The first kappa shape index (κ1) is 12.9. The highest BCUT2D eigenvalue weighted by Crippen LogP contribution is 2.30. The standard InChI is InChI=1S/C12H16O3S/c1-8(2)10-6-9(15-7-12(13)14)4-5-11(10)16-3/h4-6,8H,7H2,1-3H3,(H,13,14). The van der Waals surface area contributed by atoms with Crippen LogP contribution in [-0.4, -0.2) is 23.9 Å². The van der Waals surface area contributed by atoms with E-state index >= 15 is 0 Å². The first-order valence-corrected chi connectivity index (χ1v) is 6.29. The Morgan fingerprint density at radius 3 is 2.69 bits per heavy atom. The Labute approximate surface area is 99.8 Å². The molecule has 0 aliphatic carbocycles. The maximum Gasteiger partial charge on any atom is 0.341 e. The second kappa shape index (κ2) is 5.80. The molecule has 0 fully saturated rings. The van der Waals surface area contributed by atoms with Gasteiger partial charge in [0.05, 0.1) is 0 Å². The highest BCUT2D eigenvalue weighted by molar-refractivity contribution is 7.98. The molecule has 4 heteroatoms. The van der Waals surface area contributed by atoms with Crippen molar-refractivity contribution in [3.63, 3.8) is 0 Å². The number of hydrogen-bond acceptors (Lipinski definition) is 3. The second-order valence-electron chi connectivity index (χ2n) is 3.74. The van der Waals surface area contributed by atoms with Gasteiger partial charge in [-0.15, -0.1) is 11.8 Å². The zero-order chi connectivity index (χ0) is 12.1. The molecule has 3 nitrogen and oxygen atoms in total. The molecular weight excluding hydrogens is 224 g/mol. The zero-order valence-corrected chi connectivity index (χ0v) is 10.5. The summed E-state index contributed by atoms with van der Waals surface area (Å²) in [5.41, 5.74) is 1.19. The van der Waals surface area contributed by atoms with Gasteiger partial charge in [-0.25, -0.2) is 4.79 Å². The topological polar surface area (TPSA) is 46.5 Å². The van der Waals surface area contributed by atoms with Crippen LogP contribution in [0.5, 0.6) is 5.75 Å². The number of hydrogen-bond donors (Lipinski definition) is 1. The van der Waals surface area contributed by atoms with Crippen molar-refractivity contribution in [2.24, 2.45) is 0 Å². The van der Waals surface area contributed by atoms with E-state index < -0.39 is 5.97 Å². The Balaban J connectivity index is 2.89. The Bertz CT molecular complexity index is 375. The Morgan fingerprint density at radius 2 is 2.19 bits per heavy atom. The molecule has 1 aromatic rings. The minimum atomic E-state index is -0.958.